The SMILES string of the molecule is CC1(CNC(=O)c2sc3cc(Br)ccc3c2N)CCCS1. The average molecular weight is 385 g/mol. The fraction of sp³-hybridized carbons (Fsp3) is 0.400. The van der Waals surface area contributed by atoms with Gasteiger partial charge in [0.2, 0.25) is 0 Å². The number of fused-ring (bicyclic) bond motifs is 1. The van der Waals surface area contributed by atoms with E-state index in [0.29, 0.717) is 17.1 Å². The number of hydrogen-bond donors (Lipinski definition) is 2. The molecule has 21 heavy (non-hydrogen) atoms. The van der Waals surface area contributed by atoms with Gasteiger partial charge in [0.15, 0.2) is 0 Å². The van der Waals surface area contributed by atoms with Gasteiger partial charge in [-0.1, -0.05) is 22.0 Å². The maximum atomic E-state index is 12.4. The molecular weight excluding hydrogens is 368 g/mol. The van der Waals surface area contributed by atoms with Crippen LogP contribution in [-0.2, 0) is 0 Å². The van der Waals surface area contributed by atoms with Crippen LogP contribution in [0.15, 0.2) is 22.7 Å². The summed E-state index contributed by atoms with van der Waals surface area (Å²) < 4.78 is 2.20. The van der Waals surface area contributed by atoms with Crippen molar-refractivity contribution in [3.63, 3.8) is 0 Å². The second kappa shape index (κ2) is 5.82. The molecule has 3 nitrogen and oxygen atoms in total. The summed E-state index contributed by atoms with van der Waals surface area (Å²) in [5.74, 6) is 1.13. The number of carbonyl (C=O) groups is 1. The molecule has 2 heterocycles. The van der Waals surface area contributed by atoms with Crippen molar-refractivity contribution in [3.05, 3.63) is 27.5 Å². The summed E-state index contributed by atoms with van der Waals surface area (Å²) in [4.78, 5) is 13.0. The van der Waals surface area contributed by atoms with Crippen molar-refractivity contribution < 1.29 is 4.79 Å². The molecule has 1 aliphatic rings. The van der Waals surface area contributed by atoms with E-state index < -0.39 is 0 Å². The monoisotopic (exact) mass is 384 g/mol. The Hall–Kier alpha value is -0.720. The fourth-order valence-corrected chi connectivity index (χ4v) is 5.42. The summed E-state index contributed by atoms with van der Waals surface area (Å²) in [6.45, 7) is 2.92. The van der Waals surface area contributed by atoms with Gasteiger partial charge < -0.3 is 11.1 Å². The summed E-state index contributed by atoms with van der Waals surface area (Å²) >= 11 is 6.85. The van der Waals surface area contributed by atoms with Crippen molar-refractivity contribution in [3.8, 4) is 0 Å². The Morgan fingerprint density at radius 2 is 2.33 bits per heavy atom. The molecule has 1 saturated heterocycles. The summed E-state index contributed by atoms with van der Waals surface area (Å²) in [6.07, 6.45) is 2.39. The number of nitrogens with one attached hydrogen (secondary N) is 1. The molecule has 3 N–H and O–H groups in total. The molecular formula is C15H17BrN2OS2. The molecule has 0 bridgehead atoms. The Kier molecular flexibility index (Phi) is 4.21. The minimum atomic E-state index is -0.0569. The average Bonchev–Trinajstić information content (AvgIpc) is 3.01. The van der Waals surface area contributed by atoms with E-state index in [-0.39, 0.29) is 10.7 Å². The number of benzene rings is 1. The quantitative estimate of drug-likeness (QED) is 0.830. The lowest BCUT2D eigenvalue weighted by Gasteiger charge is -2.22. The third-order valence-corrected chi connectivity index (χ3v) is 7.02. The predicted molar refractivity (Wildman–Crippen MR) is 96.4 cm³/mol. The molecule has 3 rings (SSSR count). The number of thiophene rings is 1. The topological polar surface area (TPSA) is 55.1 Å². The number of anilines is 1. The molecule has 6 heteroatoms. The van der Waals surface area contributed by atoms with Crippen LogP contribution in [-0.4, -0.2) is 23.0 Å². The molecule has 0 aliphatic carbocycles. The van der Waals surface area contributed by atoms with Crippen LogP contribution in [0.1, 0.15) is 29.4 Å². The van der Waals surface area contributed by atoms with Crippen LogP contribution in [0.2, 0.25) is 0 Å². The Morgan fingerprint density at radius 3 is 3.05 bits per heavy atom. The molecule has 1 atom stereocenters. The summed E-state index contributed by atoms with van der Waals surface area (Å²) in [7, 11) is 0. The minimum absolute atomic E-state index is 0.0569. The van der Waals surface area contributed by atoms with E-state index in [0.717, 1.165) is 21.0 Å². The molecule has 1 fully saturated rings. The molecule has 1 aromatic carbocycles. The zero-order chi connectivity index (χ0) is 15.0. The van der Waals surface area contributed by atoms with E-state index in [9.17, 15) is 4.79 Å². The van der Waals surface area contributed by atoms with Crippen molar-refractivity contribution in [1.82, 2.24) is 5.32 Å². The normalized spacial score (nSPS) is 21.8. The third-order valence-electron chi connectivity index (χ3n) is 3.82. The number of amides is 1. The number of nitrogens with two attached hydrogens (primary N) is 1. The number of hydrogen-bond acceptors (Lipinski definition) is 4. The second-order valence-corrected chi connectivity index (χ2v) is 9.22. The van der Waals surface area contributed by atoms with Crippen LogP contribution in [0.3, 0.4) is 0 Å². The Balaban J connectivity index is 1.79. The van der Waals surface area contributed by atoms with Gasteiger partial charge in [-0.15, -0.1) is 11.3 Å². The first kappa shape index (κ1) is 15.2. The van der Waals surface area contributed by atoms with E-state index in [2.05, 4.69) is 28.2 Å². The van der Waals surface area contributed by atoms with E-state index in [1.807, 2.05) is 30.0 Å². The van der Waals surface area contributed by atoms with Gasteiger partial charge in [-0.25, -0.2) is 0 Å². The van der Waals surface area contributed by atoms with Gasteiger partial charge >= 0.3 is 0 Å². The van der Waals surface area contributed by atoms with Crippen molar-refractivity contribution in [2.24, 2.45) is 0 Å². The number of rotatable bonds is 3. The Labute approximate surface area is 140 Å². The Bertz CT molecular complexity index is 692. The molecule has 1 unspecified atom stereocenters. The zero-order valence-electron chi connectivity index (χ0n) is 11.7. The highest BCUT2D eigenvalue weighted by Gasteiger charge is 2.30. The van der Waals surface area contributed by atoms with Gasteiger partial charge in [0.05, 0.1) is 5.69 Å². The highest BCUT2D eigenvalue weighted by molar-refractivity contribution is 9.10. The number of thioether (sulfide) groups is 1. The van der Waals surface area contributed by atoms with Crippen molar-refractivity contribution in [2.75, 3.05) is 18.0 Å². The first-order chi connectivity index (χ1) is 9.98. The van der Waals surface area contributed by atoms with Crippen molar-refractivity contribution in [2.45, 2.75) is 24.5 Å². The van der Waals surface area contributed by atoms with Crippen LogP contribution in [0.4, 0.5) is 5.69 Å². The fourth-order valence-electron chi connectivity index (χ4n) is 2.58. The summed E-state index contributed by atoms with van der Waals surface area (Å²) in [5.41, 5.74) is 6.72. The standard InChI is InChI=1S/C15H17BrN2OS2/c1-15(5-2-6-20-15)8-18-14(19)13-12(17)10-4-3-9(16)7-11(10)21-13/h3-4,7H,2,5-6,8,17H2,1H3,(H,18,19). The van der Waals surface area contributed by atoms with Gasteiger partial charge in [0, 0.05) is 25.9 Å². The molecule has 1 aromatic heterocycles. The van der Waals surface area contributed by atoms with Crippen LogP contribution in [0.25, 0.3) is 10.1 Å². The molecule has 0 spiro atoms. The van der Waals surface area contributed by atoms with E-state index in [1.165, 1.54) is 23.5 Å². The Morgan fingerprint density at radius 1 is 1.52 bits per heavy atom. The molecule has 0 saturated carbocycles. The lowest BCUT2D eigenvalue weighted by atomic mass is 10.1. The molecule has 0 radical (unpaired) electrons. The number of nitrogen functional groups attached to an aromatic ring is 1. The summed E-state index contributed by atoms with van der Waals surface area (Å²) in [6, 6.07) is 5.90. The highest BCUT2D eigenvalue weighted by Crippen LogP contribution is 2.38. The zero-order valence-corrected chi connectivity index (χ0v) is 15.0. The number of carbonyl (C=O) groups excluding carboxylic acids is 1. The molecule has 1 aliphatic heterocycles. The van der Waals surface area contributed by atoms with Gasteiger partial charge in [-0.05, 0) is 37.7 Å². The maximum absolute atomic E-state index is 12.4. The first-order valence-corrected chi connectivity index (χ1v) is 9.48. The number of halogens is 1. The van der Waals surface area contributed by atoms with E-state index in [4.69, 9.17) is 5.73 Å². The highest BCUT2D eigenvalue weighted by atomic mass is 79.9. The van der Waals surface area contributed by atoms with E-state index >= 15 is 0 Å². The minimum Gasteiger partial charge on any atom is -0.397 e. The smallest absolute Gasteiger partial charge is 0.263 e. The van der Waals surface area contributed by atoms with Crippen LogP contribution in [0.5, 0.6) is 0 Å². The van der Waals surface area contributed by atoms with Crippen molar-refractivity contribution >= 4 is 60.7 Å². The van der Waals surface area contributed by atoms with Gasteiger partial charge in [0.1, 0.15) is 4.88 Å². The van der Waals surface area contributed by atoms with Gasteiger partial charge in [-0.3, -0.25) is 4.79 Å². The van der Waals surface area contributed by atoms with Gasteiger partial charge in [0.25, 0.3) is 5.91 Å². The second-order valence-electron chi connectivity index (χ2n) is 5.57. The largest absolute Gasteiger partial charge is 0.397 e. The first-order valence-electron chi connectivity index (χ1n) is 6.88. The molecule has 112 valence electrons. The van der Waals surface area contributed by atoms with Crippen LogP contribution in [0, 0.1) is 0 Å². The molecule has 1 amide bonds. The third kappa shape index (κ3) is 3.07. The predicted octanol–water partition coefficient (Wildman–Crippen LogP) is 4.26. The van der Waals surface area contributed by atoms with Crippen molar-refractivity contribution in [1.29, 1.82) is 0 Å². The lowest BCUT2D eigenvalue weighted by molar-refractivity contribution is 0.0955. The van der Waals surface area contributed by atoms with Gasteiger partial charge in [-0.2, -0.15) is 11.8 Å². The maximum Gasteiger partial charge on any atom is 0.263 e. The van der Waals surface area contributed by atoms with Crippen LogP contribution >= 0.6 is 39.0 Å². The van der Waals surface area contributed by atoms with E-state index in [1.54, 1.807) is 0 Å². The van der Waals surface area contributed by atoms with Crippen LogP contribution < -0.4 is 11.1 Å². The summed E-state index contributed by atoms with van der Waals surface area (Å²) in [5, 5.41) is 4.01. The molecule has 2 aromatic rings. The lowest BCUT2D eigenvalue weighted by Crippen LogP contribution is -2.36.